The lowest BCUT2D eigenvalue weighted by molar-refractivity contribution is -0.0153. The summed E-state index contributed by atoms with van der Waals surface area (Å²) in [6.07, 6.45) is 8.89. The summed E-state index contributed by atoms with van der Waals surface area (Å²) in [5.41, 5.74) is 6.04. The maximum absolute atomic E-state index is 12.4. The van der Waals surface area contributed by atoms with Crippen molar-refractivity contribution in [1.82, 2.24) is 10.2 Å². The normalized spacial score (nSPS) is 47.7. The molecule has 1 atom stereocenters. The van der Waals surface area contributed by atoms with E-state index in [1.54, 1.807) is 0 Å². The first kappa shape index (κ1) is 12.0. The highest BCUT2D eigenvalue weighted by molar-refractivity contribution is 5.75. The van der Waals surface area contributed by atoms with Crippen LogP contribution in [0.25, 0.3) is 0 Å². The Balaban J connectivity index is 1.46. The first-order valence-electron chi connectivity index (χ1n) is 7.94. The van der Waals surface area contributed by atoms with Crippen molar-refractivity contribution in [3.05, 3.63) is 0 Å². The number of nitrogens with one attached hydrogen (secondary N) is 1. The number of amides is 2. The fourth-order valence-electron chi connectivity index (χ4n) is 5.54. The number of likely N-dealkylation sites (tertiary alicyclic amines) is 1. The minimum Gasteiger partial charge on any atom is -0.333 e. The second-order valence-corrected chi connectivity index (χ2v) is 7.62. The lowest BCUT2D eigenvalue weighted by Gasteiger charge is -2.57. The molecule has 106 valence electrons. The number of nitrogens with zero attached hydrogens (tertiary/aromatic N) is 1. The van der Waals surface area contributed by atoms with Crippen LogP contribution in [0.5, 0.6) is 0 Å². The molecular weight excluding hydrogens is 238 g/mol. The highest BCUT2D eigenvalue weighted by Crippen LogP contribution is 2.55. The fourth-order valence-corrected chi connectivity index (χ4v) is 5.54. The van der Waals surface area contributed by atoms with Gasteiger partial charge in [-0.2, -0.15) is 0 Å². The molecule has 0 radical (unpaired) electrons. The topological polar surface area (TPSA) is 58.4 Å². The fraction of sp³-hybridized carbons (Fsp3) is 0.933. The molecule has 4 bridgehead atoms. The van der Waals surface area contributed by atoms with Crippen LogP contribution in [0.3, 0.4) is 0 Å². The van der Waals surface area contributed by atoms with Gasteiger partial charge in [0.25, 0.3) is 0 Å². The standard InChI is InChI=1S/C15H25N3O/c16-13-1-2-18(9-13)14(19)17-15-6-10-3-11(7-15)5-12(4-10)8-15/h10-13H,1-9,16H2,(H,17,19). The van der Waals surface area contributed by atoms with E-state index in [0.29, 0.717) is 0 Å². The number of hydrogen-bond donors (Lipinski definition) is 2. The number of urea groups is 1. The van der Waals surface area contributed by atoms with Crippen LogP contribution in [-0.2, 0) is 0 Å². The molecule has 4 saturated carbocycles. The summed E-state index contributed by atoms with van der Waals surface area (Å²) >= 11 is 0. The summed E-state index contributed by atoms with van der Waals surface area (Å²) in [6, 6.07) is 0.331. The van der Waals surface area contributed by atoms with E-state index in [4.69, 9.17) is 5.73 Å². The molecule has 0 spiro atoms. The number of hydrogen-bond acceptors (Lipinski definition) is 2. The van der Waals surface area contributed by atoms with Crippen molar-refractivity contribution >= 4 is 6.03 Å². The summed E-state index contributed by atoms with van der Waals surface area (Å²) in [5, 5.41) is 3.42. The van der Waals surface area contributed by atoms with Gasteiger partial charge in [0.05, 0.1) is 0 Å². The molecule has 4 heteroatoms. The van der Waals surface area contributed by atoms with Crippen LogP contribution in [0.4, 0.5) is 4.79 Å². The molecule has 1 saturated heterocycles. The molecule has 3 N–H and O–H groups in total. The van der Waals surface area contributed by atoms with Crippen LogP contribution in [0.1, 0.15) is 44.9 Å². The van der Waals surface area contributed by atoms with Gasteiger partial charge in [-0.05, 0) is 62.7 Å². The lowest BCUT2D eigenvalue weighted by Crippen LogP contribution is -2.61. The highest BCUT2D eigenvalue weighted by atomic mass is 16.2. The Morgan fingerprint density at radius 2 is 1.68 bits per heavy atom. The Morgan fingerprint density at radius 1 is 1.11 bits per heavy atom. The molecule has 1 unspecified atom stereocenters. The van der Waals surface area contributed by atoms with Gasteiger partial charge in [0.2, 0.25) is 0 Å². The maximum Gasteiger partial charge on any atom is 0.317 e. The van der Waals surface area contributed by atoms with E-state index in [1.165, 1.54) is 38.5 Å². The molecule has 5 fully saturated rings. The van der Waals surface area contributed by atoms with E-state index in [0.717, 1.165) is 37.3 Å². The van der Waals surface area contributed by atoms with E-state index in [1.807, 2.05) is 4.90 Å². The zero-order valence-electron chi connectivity index (χ0n) is 11.6. The van der Waals surface area contributed by atoms with E-state index in [9.17, 15) is 4.79 Å². The summed E-state index contributed by atoms with van der Waals surface area (Å²) in [7, 11) is 0. The molecule has 4 aliphatic carbocycles. The summed E-state index contributed by atoms with van der Waals surface area (Å²) in [4.78, 5) is 14.4. The second kappa shape index (κ2) is 4.11. The monoisotopic (exact) mass is 263 g/mol. The second-order valence-electron chi connectivity index (χ2n) is 7.62. The largest absolute Gasteiger partial charge is 0.333 e. The van der Waals surface area contributed by atoms with Crippen LogP contribution < -0.4 is 11.1 Å². The van der Waals surface area contributed by atoms with Crippen molar-refractivity contribution in [3.8, 4) is 0 Å². The Labute approximate surface area is 115 Å². The minimum atomic E-state index is 0.137. The lowest BCUT2D eigenvalue weighted by atomic mass is 9.53. The molecule has 1 aliphatic heterocycles. The molecule has 2 amide bonds. The number of rotatable bonds is 1. The average molecular weight is 263 g/mol. The molecule has 5 aliphatic rings. The molecule has 0 aromatic rings. The summed E-state index contributed by atoms with van der Waals surface area (Å²) in [5.74, 6) is 2.65. The minimum absolute atomic E-state index is 0.137. The molecule has 1 heterocycles. The Bertz CT molecular complexity index is 360. The summed E-state index contributed by atoms with van der Waals surface area (Å²) < 4.78 is 0. The highest BCUT2D eigenvalue weighted by Gasteiger charge is 2.51. The van der Waals surface area contributed by atoms with Gasteiger partial charge in [0.15, 0.2) is 0 Å². The zero-order valence-corrected chi connectivity index (χ0v) is 11.6. The van der Waals surface area contributed by atoms with Gasteiger partial charge in [-0.25, -0.2) is 4.79 Å². The van der Waals surface area contributed by atoms with Crippen LogP contribution in [0.2, 0.25) is 0 Å². The SMILES string of the molecule is NC1CCN(C(=O)NC23CC4CC(CC(C4)C2)C3)C1. The number of carbonyl (C=O) groups is 1. The van der Waals surface area contributed by atoms with E-state index < -0.39 is 0 Å². The van der Waals surface area contributed by atoms with Crippen molar-refractivity contribution in [1.29, 1.82) is 0 Å². The zero-order chi connectivity index (χ0) is 13.0. The predicted molar refractivity (Wildman–Crippen MR) is 73.6 cm³/mol. The van der Waals surface area contributed by atoms with Crippen molar-refractivity contribution < 1.29 is 4.79 Å². The molecule has 4 nitrogen and oxygen atoms in total. The van der Waals surface area contributed by atoms with Crippen molar-refractivity contribution in [2.24, 2.45) is 23.5 Å². The quantitative estimate of drug-likeness (QED) is 0.756. The third-order valence-electron chi connectivity index (χ3n) is 5.92. The van der Waals surface area contributed by atoms with Crippen molar-refractivity contribution in [2.75, 3.05) is 13.1 Å². The average Bonchev–Trinajstić information content (AvgIpc) is 2.73. The molecule has 0 aromatic carbocycles. The van der Waals surface area contributed by atoms with Gasteiger partial charge in [0, 0.05) is 24.7 Å². The number of carbonyl (C=O) groups excluding carboxylic acids is 1. The van der Waals surface area contributed by atoms with Gasteiger partial charge in [-0.15, -0.1) is 0 Å². The smallest absolute Gasteiger partial charge is 0.317 e. The maximum atomic E-state index is 12.4. The van der Waals surface area contributed by atoms with E-state index in [2.05, 4.69) is 5.32 Å². The van der Waals surface area contributed by atoms with Crippen molar-refractivity contribution in [2.45, 2.75) is 56.5 Å². The van der Waals surface area contributed by atoms with Crippen LogP contribution in [0, 0.1) is 17.8 Å². The third-order valence-corrected chi connectivity index (χ3v) is 5.92. The molecule has 0 aromatic heterocycles. The Morgan fingerprint density at radius 3 is 2.16 bits per heavy atom. The van der Waals surface area contributed by atoms with Crippen molar-refractivity contribution in [3.63, 3.8) is 0 Å². The van der Waals surface area contributed by atoms with Gasteiger partial charge in [0.1, 0.15) is 0 Å². The predicted octanol–water partition coefficient (Wildman–Crippen LogP) is 1.70. The first-order chi connectivity index (χ1) is 9.12. The first-order valence-corrected chi connectivity index (χ1v) is 7.94. The summed E-state index contributed by atoms with van der Waals surface area (Å²) in [6.45, 7) is 1.57. The molecule has 5 rings (SSSR count). The Hall–Kier alpha value is -0.770. The van der Waals surface area contributed by atoms with Crippen LogP contribution in [-0.4, -0.2) is 35.6 Å². The van der Waals surface area contributed by atoms with Gasteiger partial charge in [-0.3, -0.25) is 0 Å². The van der Waals surface area contributed by atoms with Gasteiger partial charge < -0.3 is 16.0 Å². The van der Waals surface area contributed by atoms with Gasteiger partial charge >= 0.3 is 6.03 Å². The van der Waals surface area contributed by atoms with Crippen LogP contribution >= 0.6 is 0 Å². The molecular formula is C15H25N3O. The number of nitrogens with two attached hydrogens (primary N) is 1. The Kier molecular flexibility index (Phi) is 2.60. The van der Waals surface area contributed by atoms with Gasteiger partial charge in [-0.1, -0.05) is 0 Å². The molecule has 19 heavy (non-hydrogen) atoms. The van der Waals surface area contributed by atoms with Crippen LogP contribution in [0.15, 0.2) is 0 Å². The third kappa shape index (κ3) is 2.04. The van der Waals surface area contributed by atoms with E-state index in [-0.39, 0.29) is 17.6 Å². The van der Waals surface area contributed by atoms with E-state index >= 15 is 0 Å².